The molecule has 2 rings (SSSR count). The molecule has 18 heavy (non-hydrogen) atoms. The summed E-state index contributed by atoms with van der Waals surface area (Å²) < 4.78 is 5.48. The summed E-state index contributed by atoms with van der Waals surface area (Å²) in [6.07, 6.45) is 3.49. The first kappa shape index (κ1) is 12.7. The summed E-state index contributed by atoms with van der Waals surface area (Å²) in [4.78, 5) is 3.96. The third-order valence-corrected chi connectivity index (χ3v) is 2.76. The van der Waals surface area contributed by atoms with E-state index in [9.17, 15) is 5.11 Å². The molecule has 2 aromatic rings. The van der Waals surface area contributed by atoms with Gasteiger partial charge in [0, 0.05) is 12.1 Å². The molecule has 0 amide bonds. The van der Waals surface area contributed by atoms with Gasteiger partial charge in [-0.25, -0.2) is 4.98 Å². The zero-order valence-corrected chi connectivity index (χ0v) is 10.6. The van der Waals surface area contributed by atoms with Gasteiger partial charge in [0.15, 0.2) is 5.75 Å². The van der Waals surface area contributed by atoms with Crippen LogP contribution < -0.4 is 4.74 Å². The summed E-state index contributed by atoms with van der Waals surface area (Å²) in [5.74, 6) is 1.56. The lowest BCUT2D eigenvalue weighted by Crippen LogP contribution is -1.89. The maximum Gasteiger partial charge on any atom is 0.262 e. The number of aromatic nitrogens is 1. The average molecular weight is 264 g/mol. The fourth-order valence-electron chi connectivity index (χ4n) is 1.57. The number of hydrogen-bond donors (Lipinski definition) is 1. The summed E-state index contributed by atoms with van der Waals surface area (Å²) in [5, 5.41) is 9.54. The topological polar surface area (TPSA) is 42.4 Å². The van der Waals surface area contributed by atoms with Crippen molar-refractivity contribution < 1.29 is 9.84 Å². The monoisotopic (exact) mass is 263 g/mol. The third kappa shape index (κ3) is 3.37. The second-order valence-corrected chi connectivity index (χ2v) is 4.24. The Balaban J connectivity index is 2.04. The van der Waals surface area contributed by atoms with E-state index in [0.29, 0.717) is 11.6 Å². The predicted octanol–water partition coefficient (Wildman–Crippen LogP) is 3.75. The Morgan fingerprint density at radius 3 is 2.61 bits per heavy atom. The van der Waals surface area contributed by atoms with E-state index in [0.717, 1.165) is 12.8 Å². The lowest BCUT2D eigenvalue weighted by Gasteiger charge is -2.06. The summed E-state index contributed by atoms with van der Waals surface area (Å²) in [5.41, 5.74) is 1.22. The van der Waals surface area contributed by atoms with Gasteiger partial charge in [-0.15, -0.1) is 11.6 Å². The van der Waals surface area contributed by atoms with Crippen LogP contribution in [0.25, 0.3) is 0 Å². The third-order valence-electron chi connectivity index (χ3n) is 2.49. The van der Waals surface area contributed by atoms with E-state index in [2.05, 4.69) is 4.98 Å². The highest BCUT2D eigenvalue weighted by Crippen LogP contribution is 2.27. The van der Waals surface area contributed by atoms with Crippen LogP contribution in [-0.2, 0) is 6.42 Å². The Labute approximate surface area is 111 Å². The van der Waals surface area contributed by atoms with E-state index < -0.39 is 0 Å². The van der Waals surface area contributed by atoms with Crippen molar-refractivity contribution in [3.63, 3.8) is 0 Å². The Morgan fingerprint density at radius 2 is 1.94 bits per heavy atom. The highest BCUT2D eigenvalue weighted by Gasteiger charge is 2.04. The minimum atomic E-state index is 0.0312. The molecule has 1 N–H and O–H groups in total. The van der Waals surface area contributed by atoms with Crippen LogP contribution in [0.3, 0.4) is 0 Å². The number of aryl methyl sites for hydroxylation is 1. The minimum Gasteiger partial charge on any atom is -0.503 e. The van der Waals surface area contributed by atoms with E-state index in [4.69, 9.17) is 16.3 Å². The van der Waals surface area contributed by atoms with Gasteiger partial charge in [-0.2, -0.15) is 0 Å². The van der Waals surface area contributed by atoms with Crippen LogP contribution >= 0.6 is 11.6 Å². The van der Waals surface area contributed by atoms with Crippen molar-refractivity contribution in [1.29, 1.82) is 0 Å². The van der Waals surface area contributed by atoms with Crippen molar-refractivity contribution in [2.45, 2.75) is 12.8 Å². The standard InChI is InChI=1S/C14H14ClNO2/c15-9-1-3-11-5-7-12(8-6-11)18-14-13(17)4-2-10-16-14/h2,4-8,10,17H,1,3,9H2. The fourth-order valence-corrected chi connectivity index (χ4v) is 1.70. The van der Waals surface area contributed by atoms with Gasteiger partial charge in [0.25, 0.3) is 5.88 Å². The molecule has 1 aromatic carbocycles. The maximum atomic E-state index is 9.54. The van der Waals surface area contributed by atoms with E-state index in [1.165, 1.54) is 11.6 Å². The second kappa shape index (κ2) is 6.26. The quantitative estimate of drug-likeness (QED) is 0.836. The highest BCUT2D eigenvalue weighted by molar-refractivity contribution is 6.17. The molecule has 4 heteroatoms. The SMILES string of the molecule is Oc1cccnc1Oc1ccc(CCCCl)cc1. The summed E-state index contributed by atoms with van der Waals surface area (Å²) in [6, 6.07) is 10.9. The van der Waals surface area contributed by atoms with Crippen molar-refractivity contribution >= 4 is 11.6 Å². The van der Waals surface area contributed by atoms with Gasteiger partial charge in [-0.1, -0.05) is 12.1 Å². The van der Waals surface area contributed by atoms with Gasteiger partial charge in [-0.05, 0) is 42.7 Å². The number of benzene rings is 1. The van der Waals surface area contributed by atoms with Gasteiger partial charge in [0.05, 0.1) is 0 Å². The van der Waals surface area contributed by atoms with Crippen LogP contribution in [-0.4, -0.2) is 16.0 Å². The van der Waals surface area contributed by atoms with Crippen molar-refractivity contribution in [2.75, 3.05) is 5.88 Å². The van der Waals surface area contributed by atoms with Crippen molar-refractivity contribution in [3.8, 4) is 17.4 Å². The molecule has 0 spiro atoms. The van der Waals surface area contributed by atoms with Crippen LogP contribution in [0.4, 0.5) is 0 Å². The lowest BCUT2D eigenvalue weighted by molar-refractivity contribution is 0.397. The predicted molar refractivity (Wildman–Crippen MR) is 71.5 cm³/mol. The molecule has 0 saturated carbocycles. The van der Waals surface area contributed by atoms with Crippen LogP contribution in [0.5, 0.6) is 17.4 Å². The molecule has 0 fully saturated rings. The molecule has 0 aliphatic carbocycles. The van der Waals surface area contributed by atoms with E-state index in [1.807, 2.05) is 24.3 Å². The zero-order valence-electron chi connectivity index (χ0n) is 9.84. The van der Waals surface area contributed by atoms with Gasteiger partial charge in [0.2, 0.25) is 0 Å². The zero-order chi connectivity index (χ0) is 12.8. The van der Waals surface area contributed by atoms with Gasteiger partial charge in [-0.3, -0.25) is 0 Å². The Kier molecular flexibility index (Phi) is 4.42. The number of nitrogens with zero attached hydrogens (tertiary/aromatic N) is 1. The number of halogens is 1. The van der Waals surface area contributed by atoms with E-state index >= 15 is 0 Å². The first-order valence-electron chi connectivity index (χ1n) is 5.76. The second-order valence-electron chi connectivity index (χ2n) is 3.87. The largest absolute Gasteiger partial charge is 0.503 e. The summed E-state index contributed by atoms with van der Waals surface area (Å²) in [6.45, 7) is 0. The lowest BCUT2D eigenvalue weighted by atomic mass is 10.1. The number of aromatic hydroxyl groups is 1. The molecule has 1 heterocycles. The molecule has 0 unspecified atom stereocenters. The average Bonchev–Trinajstić information content (AvgIpc) is 2.41. The molecular weight excluding hydrogens is 250 g/mol. The Bertz CT molecular complexity index is 499. The van der Waals surface area contributed by atoms with Crippen LogP contribution in [0.2, 0.25) is 0 Å². The van der Waals surface area contributed by atoms with Crippen LogP contribution in [0.15, 0.2) is 42.6 Å². The van der Waals surface area contributed by atoms with E-state index in [1.54, 1.807) is 12.3 Å². The highest BCUT2D eigenvalue weighted by atomic mass is 35.5. The first-order valence-corrected chi connectivity index (χ1v) is 6.30. The molecule has 0 radical (unpaired) electrons. The first-order chi connectivity index (χ1) is 8.79. The molecule has 1 aromatic heterocycles. The smallest absolute Gasteiger partial charge is 0.262 e. The molecule has 0 aliphatic heterocycles. The molecule has 94 valence electrons. The van der Waals surface area contributed by atoms with Gasteiger partial charge >= 0.3 is 0 Å². The van der Waals surface area contributed by atoms with Crippen LogP contribution in [0, 0.1) is 0 Å². The summed E-state index contributed by atoms with van der Waals surface area (Å²) in [7, 11) is 0. The van der Waals surface area contributed by atoms with Crippen molar-refractivity contribution in [3.05, 3.63) is 48.2 Å². The van der Waals surface area contributed by atoms with Crippen LogP contribution in [0.1, 0.15) is 12.0 Å². The Morgan fingerprint density at radius 1 is 1.17 bits per heavy atom. The van der Waals surface area contributed by atoms with Gasteiger partial charge < -0.3 is 9.84 Å². The molecule has 3 nitrogen and oxygen atoms in total. The fraction of sp³-hybridized carbons (Fsp3) is 0.214. The molecule has 0 saturated heterocycles. The summed E-state index contributed by atoms with van der Waals surface area (Å²) >= 11 is 5.65. The Hall–Kier alpha value is -1.74. The normalized spacial score (nSPS) is 10.3. The van der Waals surface area contributed by atoms with Crippen molar-refractivity contribution in [2.24, 2.45) is 0 Å². The number of ether oxygens (including phenoxy) is 1. The van der Waals surface area contributed by atoms with Gasteiger partial charge in [0.1, 0.15) is 5.75 Å². The maximum absolute atomic E-state index is 9.54. The number of rotatable bonds is 5. The molecule has 0 atom stereocenters. The number of alkyl halides is 1. The molecule has 0 aliphatic rings. The molecular formula is C14H14ClNO2. The van der Waals surface area contributed by atoms with E-state index in [-0.39, 0.29) is 11.6 Å². The number of pyridine rings is 1. The minimum absolute atomic E-state index is 0.0312. The molecule has 0 bridgehead atoms. The number of hydrogen-bond acceptors (Lipinski definition) is 3. The van der Waals surface area contributed by atoms with Crippen molar-refractivity contribution in [1.82, 2.24) is 4.98 Å².